The van der Waals surface area contributed by atoms with Gasteiger partial charge in [0.25, 0.3) is 0 Å². The van der Waals surface area contributed by atoms with Crippen molar-refractivity contribution in [3.8, 4) is 22.6 Å². The van der Waals surface area contributed by atoms with E-state index in [2.05, 4.69) is 85.5 Å². The summed E-state index contributed by atoms with van der Waals surface area (Å²) in [6, 6.07) is 31.4. The van der Waals surface area contributed by atoms with Gasteiger partial charge < -0.3 is 23.7 Å². The molecular formula is C40H45NO6. The van der Waals surface area contributed by atoms with E-state index in [0.29, 0.717) is 39.5 Å². The lowest BCUT2D eigenvalue weighted by Gasteiger charge is -2.41. The van der Waals surface area contributed by atoms with Crippen molar-refractivity contribution in [1.82, 2.24) is 4.90 Å². The molecule has 0 radical (unpaired) electrons. The Bertz CT molecular complexity index is 1610. The number of hydrogen-bond acceptors (Lipinski definition) is 7. The number of benzene rings is 4. The Morgan fingerprint density at radius 1 is 0.872 bits per heavy atom. The van der Waals surface area contributed by atoms with Crippen LogP contribution >= 0.6 is 0 Å². The van der Waals surface area contributed by atoms with Crippen LogP contribution in [0.3, 0.4) is 0 Å². The summed E-state index contributed by atoms with van der Waals surface area (Å²) in [5, 5.41) is 0. The third-order valence-corrected chi connectivity index (χ3v) is 9.05. The monoisotopic (exact) mass is 635 g/mol. The minimum atomic E-state index is -0.317. The highest BCUT2D eigenvalue weighted by Gasteiger charge is 2.42. The molecule has 4 aromatic rings. The van der Waals surface area contributed by atoms with Crippen LogP contribution in [0.4, 0.5) is 0 Å². The molecule has 0 amide bonds. The van der Waals surface area contributed by atoms with Crippen LogP contribution in [0, 0.1) is 13.8 Å². The Morgan fingerprint density at radius 3 is 2.32 bits per heavy atom. The summed E-state index contributed by atoms with van der Waals surface area (Å²) in [5.74, 6) is 1.46. The molecule has 246 valence electrons. The number of aryl methyl sites for hydroxylation is 2. The summed E-state index contributed by atoms with van der Waals surface area (Å²) < 4.78 is 29.2. The van der Waals surface area contributed by atoms with Crippen LogP contribution in [-0.4, -0.2) is 63.1 Å². The van der Waals surface area contributed by atoms with Gasteiger partial charge in [0.2, 0.25) is 0 Å². The molecule has 7 heteroatoms. The maximum Gasteiger partial charge on any atom is 0.306 e. The van der Waals surface area contributed by atoms with Gasteiger partial charge in [-0.25, -0.2) is 0 Å². The number of morpholine rings is 1. The van der Waals surface area contributed by atoms with Crippen molar-refractivity contribution >= 4 is 5.97 Å². The van der Waals surface area contributed by atoms with Crippen molar-refractivity contribution in [3.05, 3.63) is 119 Å². The van der Waals surface area contributed by atoms with Crippen molar-refractivity contribution in [2.75, 3.05) is 46.1 Å². The Hall–Kier alpha value is -4.17. The summed E-state index contributed by atoms with van der Waals surface area (Å²) in [6.07, 6.45) is 0.362. The molecule has 0 spiro atoms. The number of nitrogens with zero attached hydrogens (tertiary/aromatic N) is 1. The molecule has 7 nitrogen and oxygen atoms in total. The quantitative estimate of drug-likeness (QED) is 0.146. The zero-order chi connectivity index (χ0) is 32.6. The highest BCUT2D eigenvalue weighted by atomic mass is 16.5. The van der Waals surface area contributed by atoms with Crippen LogP contribution in [0.5, 0.6) is 11.5 Å². The predicted molar refractivity (Wildman–Crippen MR) is 183 cm³/mol. The van der Waals surface area contributed by atoms with E-state index in [1.54, 1.807) is 0 Å². The number of carbonyl (C=O) groups is 1. The molecule has 0 saturated carbocycles. The molecule has 0 bridgehead atoms. The van der Waals surface area contributed by atoms with Crippen molar-refractivity contribution in [2.45, 2.75) is 51.9 Å². The van der Waals surface area contributed by atoms with E-state index in [4.69, 9.17) is 23.7 Å². The van der Waals surface area contributed by atoms with Gasteiger partial charge in [0.05, 0.1) is 38.3 Å². The molecule has 6 rings (SSSR count). The largest absolute Gasteiger partial charge is 0.491 e. The van der Waals surface area contributed by atoms with E-state index in [-0.39, 0.29) is 17.5 Å². The molecule has 2 aliphatic heterocycles. The van der Waals surface area contributed by atoms with Gasteiger partial charge in [-0.3, -0.25) is 9.69 Å². The van der Waals surface area contributed by atoms with E-state index in [1.165, 1.54) is 22.3 Å². The summed E-state index contributed by atoms with van der Waals surface area (Å²) in [7, 11) is 0. The van der Waals surface area contributed by atoms with Crippen LogP contribution in [0.2, 0.25) is 0 Å². The summed E-state index contributed by atoms with van der Waals surface area (Å²) in [5.41, 5.74) is 7.86. The Morgan fingerprint density at radius 2 is 1.62 bits per heavy atom. The Balaban J connectivity index is 1.04. The number of esters is 1. The van der Waals surface area contributed by atoms with E-state index in [0.717, 1.165) is 54.4 Å². The van der Waals surface area contributed by atoms with Crippen LogP contribution in [0.25, 0.3) is 11.1 Å². The highest BCUT2D eigenvalue weighted by molar-refractivity contribution is 5.73. The molecule has 0 aliphatic carbocycles. The first kappa shape index (κ1) is 32.8. The predicted octanol–water partition coefficient (Wildman–Crippen LogP) is 7.05. The number of hydrogen-bond donors (Lipinski definition) is 0. The lowest BCUT2D eigenvalue weighted by molar-refractivity contribution is -0.151. The molecule has 1 atom stereocenters. The number of rotatable bonds is 13. The van der Waals surface area contributed by atoms with Crippen molar-refractivity contribution in [2.24, 2.45) is 0 Å². The summed E-state index contributed by atoms with van der Waals surface area (Å²) in [4.78, 5) is 14.6. The van der Waals surface area contributed by atoms with Crippen molar-refractivity contribution in [3.63, 3.8) is 0 Å². The summed E-state index contributed by atoms with van der Waals surface area (Å²) in [6.45, 7) is 11.9. The van der Waals surface area contributed by atoms with Gasteiger partial charge in [-0.1, -0.05) is 60.7 Å². The fourth-order valence-corrected chi connectivity index (χ4v) is 6.61. The second-order valence-electron chi connectivity index (χ2n) is 12.7. The molecule has 4 aromatic carbocycles. The lowest BCUT2D eigenvalue weighted by atomic mass is 9.76. The van der Waals surface area contributed by atoms with Gasteiger partial charge in [-0.15, -0.1) is 0 Å². The molecule has 0 aromatic heterocycles. The van der Waals surface area contributed by atoms with Crippen molar-refractivity contribution < 1.29 is 28.5 Å². The van der Waals surface area contributed by atoms with Crippen LogP contribution in [0.1, 0.15) is 41.2 Å². The molecule has 2 saturated heterocycles. The van der Waals surface area contributed by atoms with Gasteiger partial charge in [0, 0.05) is 19.6 Å². The third kappa shape index (κ3) is 8.22. The Labute approximate surface area is 278 Å². The minimum absolute atomic E-state index is 0.0403. The second kappa shape index (κ2) is 15.2. The highest BCUT2D eigenvalue weighted by Crippen LogP contribution is 2.37. The molecule has 2 fully saturated rings. The van der Waals surface area contributed by atoms with Gasteiger partial charge in [0.1, 0.15) is 30.8 Å². The normalized spacial score (nSPS) is 17.5. The third-order valence-electron chi connectivity index (χ3n) is 9.05. The van der Waals surface area contributed by atoms with Gasteiger partial charge >= 0.3 is 5.97 Å². The fraction of sp³-hybridized carbons (Fsp3) is 0.375. The topological polar surface area (TPSA) is 66.5 Å². The summed E-state index contributed by atoms with van der Waals surface area (Å²) >= 11 is 0. The van der Waals surface area contributed by atoms with Gasteiger partial charge in [-0.05, 0) is 90.0 Å². The fourth-order valence-electron chi connectivity index (χ4n) is 6.61. The molecular weight excluding hydrogens is 590 g/mol. The first-order valence-electron chi connectivity index (χ1n) is 16.6. The van der Waals surface area contributed by atoms with Gasteiger partial charge in [-0.2, -0.15) is 0 Å². The first-order valence-corrected chi connectivity index (χ1v) is 16.6. The van der Waals surface area contributed by atoms with Crippen LogP contribution in [-0.2, 0) is 37.6 Å². The van der Waals surface area contributed by atoms with E-state index in [1.807, 2.05) is 31.2 Å². The molecule has 2 heterocycles. The first-order chi connectivity index (χ1) is 22.9. The Kier molecular flexibility index (Phi) is 10.6. The van der Waals surface area contributed by atoms with E-state index >= 15 is 0 Å². The number of ether oxygens (including phenoxy) is 5. The van der Waals surface area contributed by atoms with Crippen molar-refractivity contribution in [1.29, 1.82) is 0 Å². The van der Waals surface area contributed by atoms with E-state index in [9.17, 15) is 4.79 Å². The van der Waals surface area contributed by atoms with Crippen LogP contribution < -0.4 is 9.47 Å². The van der Waals surface area contributed by atoms with Gasteiger partial charge in [0.15, 0.2) is 0 Å². The second-order valence-corrected chi connectivity index (χ2v) is 12.7. The minimum Gasteiger partial charge on any atom is -0.491 e. The zero-order valence-electron chi connectivity index (χ0n) is 27.7. The van der Waals surface area contributed by atoms with E-state index < -0.39 is 0 Å². The average Bonchev–Trinajstić information content (AvgIpc) is 3.06. The maximum atomic E-state index is 12.2. The smallest absolute Gasteiger partial charge is 0.306 e. The zero-order valence-corrected chi connectivity index (χ0v) is 27.7. The molecule has 1 unspecified atom stereocenters. The van der Waals surface area contributed by atoms with Crippen LogP contribution in [0.15, 0.2) is 91.0 Å². The lowest BCUT2D eigenvalue weighted by Crippen LogP contribution is -2.48. The number of carbonyl (C=O) groups excluding carboxylic acids is 1. The molecule has 0 N–H and O–H groups in total. The molecule has 47 heavy (non-hydrogen) atoms. The standard InChI is InChI=1S/C40H45NO6/c1-4-44-38(42)22-40(27-43-28-40)34-13-15-35(16-14-34)46-25-32-11-8-12-33(21-32)39-29(2)19-36(20-30(39)3)47-26-37-24-41(17-18-45-37)23-31-9-6-5-7-10-31/h5-16,19-21,37H,4,17-18,22-28H2,1-3H3. The maximum absolute atomic E-state index is 12.2. The average molecular weight is 636 g/mol. The SMILES string of the molecule is CCOC(=O)CC1(c2ccc(OCc3cccc(-c4c(C)cc(OCC5CN(Cc6ccccc6)CCO5)cc4C)c3)cc2)COC1. The molecule has 2 aliphatic rings.